The fraction of sp³-hybridized carbons (Fsp3) is 0.400. The maximum absolute atomic E-state index is 15.2. The first-order chi connectivity index (χ1) is 16.8. The van der Waals surface area contributed by atoms with Gasteiger partial charge >= 0.3 is 6.01 Å². The van der Waals surface area contributed by atoms with Crippen LogP contribution in [0.4, 0.5) is 26.3 Å². The maximum Gasteiger partial charge on any atom is 0.326 e. The maximum atomic E-state index is 15.2. The summed E-state index contributed by atoms with van der Waals surface area (Å²) in [5.41, 5.74) is 2.25. The SMILES string of the molecule is CC1=Cc2c(F)c(Oc3nc(Nc4cc(C(C)C)no4)cc(N4CCN(C)CC4)n3)cc(F)c2C1. The van der Waals surface area contributed by atoms with E-state index in [0.29, 0.717) is 29.5 Å². The second-order valence-electron chi connectivity index (χ2n) is 9.41. The minimum Gasteiger partial charge on any atom is -0.421 e. The van der Waals surface area contributed by atoms with Crippen molar-refractivity contribution >= 4 is 23.6 Å². The van der Waals surface area contributed by atoms with E-state index in [9.17, 15) is 4.39 Å². The predicted octanol–water partition coefficient (Wildman–Crippen LogP) is 5.11. The highest BCUT2D eigenvalue weighted by atomic mass is 19.1. The number of hydrogen-bond acceptors (Lipinski definition) is 8. The highest BCUT2D eigenvalue weighted by molar-refractivity contribution is 5.66. The van der Waals surface area contributed by atoms with Crippen molar-refractivity contribution in [3.05, 3.63) is 52.2 Å². The highest BCUT2D eigenvalue weighted by Gasteiger charge is 2.24. The molecule has 5 rings (SSSR count). The van der Waals surface area contributed by atoms with Crippen LogP contribution < -0.4 is 15.0 Å². The van der Waals surface area contributed by atoms with Crippen LogP contribution >= 0.6 is 0 Å². The van der Waals surface area contributed by atoms with Crippen LogP contribution in [0.15, 0.2) is 28.3 Å². The first kappa shape index (κ1) is 23.2. The van der Waals surface area contributed by atoms with Crippen LogP contribution in [-0.4, -0.2) is 53.3 Å². The summed E-state index contributed by atoms with van der Waals surface area (Å²) in [6.07, 6.45) is 2.03. The number of benzene rings is 1. The van der Waals surface area contributed by atoms with Crippen molar-refractivity contribution in [1.82, 2.24) is 20.0 Å². The van der Waals surface area contributed by atoms with E-state index in [-0.39, 0.29) is 23.2 Å². The van der Waals surface area contributed by atoms with Crippen LogP contribution in [0.2, 0.25) is 0 Å². The first-order valence-electron chi connectivity index (χ1n) is 11.7. The number of halogens is 2. The van der Waals surface area contributed by atoms with Crippen LogP contribution in [0.3, 0.4) is 0 Å². The van der Waals surface area contributed by atoms with E-state index in [0.717, 1.165) is 43.5 Å². The largest absolute Gasteiger partial charge is 0.421 e. The number of hydrogen-bond donors (Lipinski definition) is 1. The zero-order chi connectivity index (χ0) is 24.7. The predicted molar refractivity (Wildman–Crippen MR) is 129 cm³/mol. The molecule has 1 N–H and O–H groups in total. The molecule has 2 aliphatic rings. The number of fused-ring (bicyclic) bond motifs is 1. The summed E-state index contributed by atoms with van der Waals surface area (Å²) < 4.78 is 41.0. The van der Waals surface area contributed by atoms with Gasteiger partial charge in [-0.25, -0.2) is 8.78 Å². The van der Waals surface area contributed by atoms with Gasteiger partial charge < -0.3 is 24.4 Å². The smallest absolute Gasteiger partial charge is 0.326 e. The second-order valence-corrected chi connectivity index (χ2v) is 9.41. The van der Waals surface area contributed by atoms with Gasteiger partial charge in [0.25, 0.3) is 0 Å². The van der Waals surface area contributed by atoms with Crippen LogP contribution in [-0.2, 0) is 6.42 Å². The molecule has 1 saturated heterocycles. The Morgan fingerprint density at radius 2 is 1.86 bits per heavy atom. The van der Waals surface area contributed by atoms with Gasteiger partial charge in [-0.3, -0.25) is 0 Å². The van der Waals surface area contributed by atoms with Gasteiger partial charge in [0.1, 0.15) is 17.5 Å². The van der Waals surface area contributed by atoms with Crippen molar-refractivity contribution in [2.45, 2.75) is 33.1 Å². The van der Waals surface area contributed by atoms with E-state index < -0.39 is 11.6 Å². The molecule has 0 amide bonds. The number of ether oxygens (including phenoxy) is 1. The van der Waals surface area contributed by atoms with Crippen LogP contribution in [0.1, 0.15) is 43.5 Å². The van der Waals surface area contributed by atoms with Crippen molar-refractivity contribution in [1.29, 1.82) is 0 Å². The summed E-state index contributed by atoms with van der Waals surface area (Å²) in [5.74, 6) is 0.239. The molecule has 1 fully saturated rings. The molecule has 1 aromatic carbocycles. The number of nitrogens with one attached hydrogen (secondary N) is 1. The molecule has 2 aromatic heterocycles. The molecule has 1 aliphatic carbocycles. The molecule has 0 spiro atoms. The summed E-state index contributed by atoms with van der Waals surface area (Å²) in [5, 5.41) is 7.15. The molecular formula is C25H28F2N6O2. The topological polar surface area (TPSA) is 79.5 Å². The van der Waals surface area contributed by atoms with E-state index in [1.165, 1.54) is 0 Å². The van der Waals surface area contributed by atoms with Crippen LogP contribution in [0.25, 0.3) is 6.08 Å². The second kappa shape index (κ2) is 9.26. The van der Waals surface area contributed by atoms with Gasteiger partial charge in [-0.15, -0.1) is 0 Å². The van der Waals surface area contributed by atoms with E-state index >= 15 is 4.39 Å². The molecule has 0 atom stereocenters. The van der Waals surface area contributed by atoms with Gasteiger partial charge in [-0.05, 0) is 26.3 Å². The average molecular weight is 483 g/mol. The molecule has 1 aliphatic heterocycles. The third kappa shape index (κ3) is 4.84. The minimum absolute atomic E-state index is 0.0931. The quantitative estimate of drug-likeness (QED) is 0.519. The molecule has 0 radical (unpaired) electrons. The molecule has 35 heavy (non-hydrogen) atoms. The van der Waals surface area contributed by atoms with Crippen molar-refractivity contribution < 1.29 is 18.0 Å². The number of nitrogens with zero attached hydrogens (tertiary/aromatic N) is 5. The molecule has 0 unspecified atom stereocenters. The molecule has 184 valence electrons. The standard InChI is InChI=1S/C25H28F2N6O2/c1-14(2)19-12-23(35-31-19)28-21-13-22(33-7-5-32(4)6-8-33)30-25(29-21)34-20-11-18(26)16-9-15(3)10-17(16)24(20)27/h10-14H,5-9H2,1-4H3,(H,28,29,30). The van der Waals surface area contributed by atoms with E-state index in [1.54, 1.807) is 18.2 Å². The van der Waals surface area contributed by atoms with Crippen molar-refractivity contribution in [3.8, 4) is 11.8 Å². The van der Waals surface area contributed by atoms with Gasteiger partial charge in [0.2, 0.25) is 5.88 Å². The van der Waals surface area contributed by atoms with Gasteiger partial charge in [-0.1, -0.05) is 30.7 Å². The third-order valence-electron chi connectivity index (χ3n) is 6.26. The van der Waals surface area contributed by atoms with Crippen LogP contribution in [0, 0.1) is 11.6 Å². The molecule has 0 bridgehead atoms. The Morgan fingerprint density at radius 3 is 2.57 bits per heavy atom. The number of likely N-dealkylation sites (N-methyl/N-ethyl adjacent to an activating group) is 1. The molecule has 3 heterocycles. The lowest BCUT2D eigenvalue weighted by Crippen LogP contribution is -2.44. The zero-order valence-electron chi connectivity index (χ0n) is 20.2. The van der Waals surface area contributed by atoms with Gasteiger partial charge in [0, 0.05) is 55.5 Å². The summed E-state index contributed by atoms with van der Waals surface area (Å²) in [6.45, 7) is 9.15. The Hall–Kier alpha value is -3.53. The normalized spacial score (nSPS) is 16.0. The summed E-state index contributed by atoms with van der Waals surface area (Å²) in [7, 11) is 2.07. The Balaban J connectivity index is 1.49. The Labute approximate surface area is 202 Å². The molecule has 8 nitrogen and oxygen atoms in total. The van der Waals surface area contributed by atoms with Gasteiger partial charge in [0.15, 0.2) is 11.6 Å². The number of allylic oxidation sites excluding steroid dienone is 1. The number of aromatic nitrogens is 3. The van der Waals surface area contributed by atoms with Gasteiger partial charge in [0.05, 0.1) is 5.69 Å². The number of anilines is 3. The minimum atomic E-state index is -0.627. The molecular weight excluding hydrogens is 454 g/mol. The zero-order valence-corrected chi connectivity index (χ0v) is 20.2. The fourth-order valence-corrected chi connectivity index (χ4v) is 4.20. The van der Waals surface area contributed by atoms with E-state index in [2.05, 4.69) is 37.3 Å². The van der Waals surface area contributed by atoms with Crippen molar-refractivity contribution in [2.24, 2.45) is 0 Å². The highest BCUT2D eigenvalue weighted by Crippen LogP contribution is 2.36. The lowest BCUT2D eigenvalue weighted by molar-refractivity contribution is 0.311. The summed E-state index contributed by atoms with van der Waals surface area (Å²) in [6, 6.07) is 4.55. The molecule has 10 heteroatoms. The summed E-state index contributed by atoms with van der Waals surface area (Å²) >= 11 is 0. The third-order valence-corrected chi connectivity index (χ3v) is 6.26. The lowest BCUT2D eigenvalue weighted by Gasteiger charge is -2.33. The summed E-state index contributed by atoms with van der Waals surface area (Å²) in [4.78, 5) is 13.2. The Morgan fingerprint density at radius 1 is 1.09 bits per heavy atom. The number of rotatable bonds is 6. The Bertz CT molecular complexity index is 1280. The fourth-order valence-electron chi connectivity index (χ4n) is 4.20. The molecule has 0 saturated carbocycles. The molecule has 3 aromatic rings. The van der Waals surface area contributed by atoms with Crippen molar-refractivity contribution in [2.75, 3.05) is 43.4 Å². The van der Waals surface area contributed by atoms with Crippen LogP contribution in [0.5, 0.6) is 11.8 Å². The van der Waals surface area contributed by atoms with Crippen molar-refractivity contribution in [3.63, 3.8) is 0 Å². The van der Waals surface area contributed by atoms with E-state index in [4.69, 9.17) is 9.26 Å². The van der Waals surface area contributed by atoms with Gasteiger partial charge in [-0.2, -0.15) is 9.97 Å². The number of piperazine rings is 1. The van der Waals surface area contributed by atoms with E-state index in [1.807, 2.05) is 20.8 Å². The Kier molecular flexibility index (Phi) is 6.14. The monoisotopic (exact) mass is 482 g/mol. The first-order valence-corrected chi connectivity index (χ1v) is 11.7. The average Bonchev–Trinajstić information content (AvgIpc) is 3.45. The lowest BCUT2D eigenvalue weighted by atomic mass is 10.1.